The minimum Gasteiger partial charge on any atom is -0.485 e. The van der Waals surface area contributed by atoms with Crippen LogP contribution in [0.2, 0.25) is 0 Å². The molecule has 27 heavy (non-hydrogen) atoms. The molecule has 1 aromatic heterocycles. The highest BCUT2D eigenvalue weighted by Gasteiger charge is 2.22. The van der Waals surface area contributed by atoms with Gasteiger partial charge in [-0.05, 0) is 38.5 Å². The van der Waals surface area contributed by atoms with E-state index in [2.05, 4.69) is 10.3 Å². The van der Waals surface area contributed by atoms with Crippen LogP contribution < -0.4 is 10.1 Å². The lowest BCUT2D eigenvalue weighted by molar-refractivity contribution is 0.0599. The van der Waals surface area contributed by atoms with E-state index < -0.39 is 12.1 Å². The molecule has 0 aliphatic carbocycles. The highest BCUT2D eigenvalue weighted by molar-refractivity contribution is 6.02. The van der Waals surface area contributed by atoms with E-state index in [4.69, 9.17) is 14.2 Å². The molecule has 8 heteroatoms. The largest absolute Gasteiger partial charge is 0.485 e. The number of H-pyrrole nitrogens is 1. The molecule has 0 radical (unpaired) electrons. The first-order valence-corrected chi connectivity index (χ1v) is 8.34. The summed E-state index contributed by atoms with van der Waals surface area (Å²) >= 11 is 0. The highest BCUT2D eigenvalue weighted by Crippen LogP contribution is 2.21. The Bertz CT molecular complexity index is 856. The SMILES string of the molecule is CCOC(=O)Nc1cccc(OCC(=O)c2[nH]c(C)c(C(=O)OC)c2C)c1. The smallest absolute Gasteiger partial charge is 0.411 e. The third-order valence-electron chi connectivity index (χ3n) is 3.83. The van der Waals surface area contributed by atoms with Crippen molar-refractivity contribution in [3.05, 3.63) is 46.8 Å². The normalized spacial score (nSPS) is 10.2. The third kappa shape index (κ3) is 4.87. The number of esters is 1. The average molecular weight is 374 g/mol. The Hall–Kier alpha value is -3.29. The van der Waals surface area contributed by atoms with Crippen LogP contribution in [0, 0.1) is 13.8 Å². The number of aromatic nitrogens is 1. The molecule has 2 rings (SSSR count). The second-order valence-corrected chi connectivity index (χ2v) is 5.70. The second-order valence-electron chi connectivity index (χ2n) is 5.70. The fourth-order valence-corrected chi connectivity index (χ4v) is 2.61. The molecule has 0 saturated carbocycles. The van der Waals surface area contributed by atoms with E-state index in [1.165, 1.54) is 7.11 Å². The summed E-state index contributed by atoms with van der Waals surface area (Å²) in [6, 6.07) is 6.60. The molecule has 0 unspecified atom stereocenters. The number of anilines is 1. The number of aromatic amines is 1. The predicted molar refractivity (Wildman–Crippen MR) is 98.5 cm³/mol. The van der Waals surface area contributed by atoms with Gasteiger partial charge < -0.3 is 19.2 Å². The number of amides is 1. The summed E-state index contributed by atoms with van der Waals surface area (Å²) in [6.45, 7) is 5.11. The molecule has 0 aliphatic rings. The lowest BCUT2D eigenvalue weighted by Crippen LogP contribution is -2.15. The molecular formula is C19H22N2O6. The maximum absolute atomic E-state index is 12.5. The van der Waals surface area contributed by atoms with E-state index in [1.807, 2.05) is 0 Å². The Balaban J connectivity index is 2.06. The first kappa shape index (κ1) is 20.0. The van der Waals surface area contributed by atoms with Crippen molar-refractivity contribution in [1.29, 1.82) is 0 Å². The van der Waals surface area contributed by atoms with Crippen molar-refractivity contribution in [3.8, 4) is 5.75 Å². The Kier molecular flexibility index (Phi) is 6.59. The number of carbonyl (C=O) groups is 3. The van der Waals surface area contributed by atoms with Crippen LogP contribution >= 0.6 is 0 Å². The van der Waals surface area contributed by atoms with E-state index in [-0.39, 0.29) is 19.0 Å². The van der Waals surface area contributed by atoms with Gasteiger partial charge in [-0.2, -0.15) is 0 Å². The molecule has 144 valence electrons. The molecule has 2 N–H and O–H groups in total. The Labute approximate surface area is 156 Å². The van der Waals surface area contributed by atoms with Crippen molar-refractivity contribution < 1.29 is 28.6 Å². The van der Waals surface area contributed by atoms with Gasteiger partial charge in [0.1, 0.15) is 5.75 Å². The van der Waals surface area contributed by atoms with Crippen molar-refractivity contribution in [2.24, 2.45) is 0 Å². The van der Waals surface area contributed by atoms with Crippen LogP contribution in [0.5, 0.6) is 5.75 Å². The molecular weight excluding hydrogens is 352 g/mol. The molecule has 0 bridgehead atoms. The van der Waals surface area contributed by atoms with Crippen LogP contribution in [0.15, 0.2) is 24.3 Å². The number of carbonyl (C=O) groups excluding carboxylic acids is 3. The maximum Gasteiger partial charge on any atom is 0.411 e. The molecule has 8 nitrogen and oxygen atoms in total. The highest BCUT2D eigenvalue weighted by atomic mass is 16.5. The Morgan fingerprint density at radius 3 is 2.59 bits per heavy atom. The van der Waals surface area contributed by atoms with Gasteiger partial charge >= 0.3 is 12.1 Å². The summed E-state index contributed by atoms with van der Waals surface area (Å²) in [6.07, 6.45) is -0.571. The molecule has 0 aliphatic heterocycles. The Morgan fingerprint density at radius 1 is 1.19 bits per heavy atom. The number of methoxy groups -OCH3 is 1. The van der Waals surface area contributed by atoms with Crippen LogP contribution in [-0.2, 0) is 9.47 Å². The van der Waals surface area contributed by atoms with Crippen molar-refractivity contribution in [2.75, 3.05) is 25.6 Å². The molecule has 1 aromatic carbocycles. The molecule has 1 amide bonds. The van der Waals surface area contributed by atoms with Crippen molar-refractivity contribution in [2.45, 2.75) is 20.8 Å². The number of benzene rings is 1. The number of ether oxygens (including phenoxy) is 3. The molecule has 1 heterocycles. The zero-order valence-electron chi connectivity index (χ0n) is 15.7. The number of nitrogens with one attached hydrogen (secondary N) is 2. The van der Waals surface area contributed by atoms with Gasteiger partial charge in [-0.3, -0.25) is 10.1 Å². The van der Waals surface area contributed by atoms with Gasteiger partial charge in [0.15, 0.2) is 6.61 Å². The van der Waals surface area contributed by atoms with E-state index >= 15 is 0 Å². The van der Waals surface area contributed by atoms with Gasteiger partial charge in [0, 0.05) is 17.4 Å². The van der Waals surface area contributed by atoms with Gasteiger partial charge in [-0.25, -0.2) is 9.59 Å². The maximum atomic E-state index is 12.5. The van der Waals surface area contributed by atoms with Gasteiger partial charge in [0.05, 0.1) is 25.0 Å². The lowest BCUT2D eigenvalue weighted by Gasteiger charge is -2.09. The standard InChI is InChI=1S/C19H22N2O6/c1-5-26-19(24)21-13-7-6-8-14(9-13)27-10-15(22)17-11(2)16(12(3)20-17)18(23)25-4/h6-9,20H,5,10H2,1-4H3,(H,21,24). The van der Waals surface area contributed by atoms with Gasteiger partial charge in [-0.15, -0.1) is 0 Å². The number of ketones is 1. The van der Waals surface area contributed by atoms with Crippen LogP contribution in [0.1, 0.15) is 39.0 Å². The fraction of sp³-hybridized carbons (Fsp3) is 0.316. The van der Waals surface area contributed by atoms with Crippen molar-refractivity contribution >= 4 is 23.5 Å². The molecule has 2 aromatic rings. The van der Waals surface area contributed by atoms with E-state index in [0.29, 0.717) is 34.0 Å². The van der Waals surface area contributed by atoms with E-state index in [1.54, 1.807) is 45.0 Å². The fourth-order valence-electron chi connectivity index (χ4n) is 2.61. The van der Waals surface area contributed by atoms with Crippen LogP contribution in [0.3, 0.4) is 0 Å². The molecule has 0 fully saturated rings. The molecule has 0 spiro atoms. The van der Waals surface area contributed by atoms with E-state index in [0.717, 1.165) is 0 Å². The van der Waals surface area contributed by atoms with Crippen molar-refractivity contribution in [3.63, 3.8) is 0 Å². The zero-order chi connectivity index (χ0) is 20.0. The molecule has 0 atom stereocenters. The number of Topliss-reactive ketones (excluding diaryl/α,β-unsaturated/α-hetero) is 1. The summed E-state index contributed by atoms with van der Waals surface area (Å²) in [5, 5.41) is 2.56. The number of hydrogen-bond acceptors (Lipinski definition) is 6. The van der Waals surface area contributed by atoms with Gasteiger partial charge in [-0.1, -0.05) is 6.07 Å². The van der Waals surface area contributed by atoms with Gasteiger partial charge in [0.2, 0.25) is 5.78 Å². The van der Waals surface area contributed by atoms with Crippen LogP contribution in [-0.4, -0.2) is 43.2 Å². The summed E-state index contributed by atoms with van der Waals surface area (Å²) in [5.41, 5.74) is 2.21. The second kappa shape index (κ2) is 8.88. The predicted octanol–water partition coefficient (Wildman–Crippen LogP) is 3.25. The third-order valence-corrected chi connectivity index (χ3v) is 3.83. The summed E-state index contributed by atoms with van der Waals surface area (Å²) in [5.74, 6) is -0.403. The quantitative estimate of drug-likeness (QED) is 0.569. The van der Waals surface area contributed by atoms with Crippen molar-refractivity contribution in [1.82, 2.24) is 4.98 Å². The zero-order valence-corrected chi connectivity index (χ0v) is 15.7. The lowest BCUT2D eigenvalue weighted by atomic mass is 10.1. The van der Waals surface area contributed by atoms with E-state index in [9.17, 15) is 14.4 Å². The molecule has 0 saturated heterocycles. The van der Waals surface area contributed by atoms with Crippen LogP contribution in [0.25, 0.3) is 0 Å². The van der Waals surface area contributed by atoms with Crippen LogP contribution in [0.4, 0.5) is 10.5 Å². The minimum atomic E-state index is -0.571. The number of rotatable bonds is 7. The Morgan fingerprint density at radius 2 is 1.93 bits per heavy atom. The number of aryl methyl sites for hydroxylation is 1. The number of hydrogen-bond donors (Lipinski definition) is 2. The summed E-state index contributed by atoms with van der Waals surface area (Å²) < 4.78 is 15.1. The monoisotopic (exact) mass is 374 g/mol. The summed E-state index contributed by atoms with van der Waals surface area (Å²) in [4.78, 5) is 38.6. The average Bonchev–Trinajstić information content (AvgIpc) is 2.94. The topological polar surface area (TPSA) is 107 Å². The first-order valence-electron chi connectivity index (χ1n) is 8.34. The van der Waals surface area contributed by atoms with Gasteiger partial charge in [0.25, 0.3) is 0 Å². The minimum absolute atomic E-state index is 0.232. The summed E-state index contributed by atoms with van der Waals surface area (Å²) in [7, 11) is 1.29. The first-order chi connectivity index (χ1) is 12.9.